The van der Waals surface area contributed by atoms with E-state index in [1.165, 1.54) is 12.7 Å². The molecule has 14 nitrogen and oxygen atoms in total. The Hall–Kier alpha value is -6.90. The quantitative estimate of drug-likeness (QED) is 0.113. The number of nitrogens with zero attached hydrogens (tertiary/aromatic N) is 8. The Bertz CT molecular complexity index is 2600. The predicted molar refractivity (Wildman–Crippen MR) is 240 cm³/mol. The van der Waals surface area contributed by atoms with Crippen molar-refractivity contribution in [3.05, 3.63) is 122 Å². The van der Waals surface area contributed by atoms with Crippen LogP contribution in [0.2, 0.25) is 0 Å². The zero-order valence-electron chi connectivity index (χ0n) is 34.8. The summed E-state index contributed by atoms with van der Waals surface area (Å²) in [6.07, 6.45) is 9.59. The van der Waals surface area contributed by atoms with Gasteiger partial charge in [0.25, 0.3) is 0 Å². The number of nitrogens with two attached hydrogens (primary N) is 2. The van der Waals surface area contributed by atoms with E-state index in [4.69, 9.17) is 31.1 Å². The molecular formula is C48H50N10O4. The Morgan fingerprint density at radius 1 is 0.532 bits per heavy atom. The van der Waals surface area contributed by atoms with Gasteiger partial charge in [-0.15, -0.1) is 0 Å². The first kappa shape index (κ1) is 40.5. The summed E-state index contributed by atoms with van der Waals surface area (Å²) >= 11 is 0. The minimum atomic E-state index is -0.698. The molecule has 2 fully saturated rings. The molecule has 4 aromatic heterocycles. The van der Waals surface area contributed by atoms with Crippen molar-refractivity contribution in [2.75, 3.05) is 11.5 Å². The third-order valence-electron chi connectivity index (χ3n) is 11.8. The molecule has 4 atom stereocenters. The molecule has 0 saturated heterocycles. The number of para-hydroxylation sites is 2. The number of anilines is 2. The zero-order chi connectivity index (χ0) is 42.8. The van der Waals surface area contributed by atoms with Crippen LogP contribution in [0, 0.1) is 0 Å². The van der Waals surface area contributed by atoms with Gasteiger partial charge in [0.1, 0.15) is 58.7 Å². The largest absolute Gasteiger partial charge is 0.457 e. The molecule has 0 bridgehead atoms. The average molecular weight is 831 g/mol. The summed E-state index contributed by atoms with van der Waals surface area (Å²) in [6.45, 7) is 3.78. The number of fused-ring (bicyclic) bond motifs is 2. The number of hydrogen-bond acceptors (Lipinski definition) is 12. The van der Waals surface area contributed by atoms with Gasteiger partial charge in [-0.2, -0.15) is 10.2 Å². The molecule has 62 heavy (non-hydrogen) atoms. The number of rotatable bonds is 8. The van der Waals surface area contributed by atoms with E-state index in [0.717, 1.165) is 94.8 Å². The van der Waals surface area contributed by atoms with Gasteiger partial charge in [-0.05, 0) is 138 Å². The Morgan fingerprint density at radius 3 is 1.27 bits per heavy atom. The molecule has 2 aliphatic carbocycles. The topological polar surface area (TPSA) is 198 Å². The Labute approximate surface area is 359 Å². The van der Waals surface area contributed by atoms with Crippen molar-refractivity contribution >= 4 is 33.7 Å². The number of aliphatic hydroxyl groups is 2. The highest BCUT2D eigenvalue weighted by Crippen LogP contribution is 2.41. The summed E-state index contributed by atoms with van der Waals surface area (Å²) < 4.78 is 15.6. The van der Waals surface area contributed by atoms with Gasteiger partial charge in [0.05, 0.1) is 34.1 Å². The average Bonchev–Trinajstić information content (AvgIpc) is 3.86. The van der Waals surface area contributed by atoms with Crippen molar-refractivity contribution in [1.82, 2.24) is 39.5 Å². The highest BCUT2D eigenvalue weighted by Gasteiger charge is 2.34. The van der Waals surface area contributed by atoms with E-state index >= 15 is 0 Å². The van der Waals surface area contributed by atoms with Crippen LogP contribution in [0.1, 0.15) is 77.3 Å². The molecule has 8 aromatic rings. The SMILES string of the molecule is C[C@@]1(O)CCC[C@@H](n2nc(-c3ccc(Oc4ccccc4)cc3)c3c(N)ncnc32)C1.C[C@]1(O)CCC[C@@H](n2nc(-c3ccc(Oc4ccccc4)cc3)c3c(N)ncnc32)C1. The van der Waals surface area contributed by atoms with E-state index in [2.05, 4.69) is 19.9 Å². The lowest BCUT2D eigenvalue weighted by Crippen LogP contribution is -2.33. The number of aromatic nitrogens is 8. The van der Waals surface area contributed by atoms with Crippen LogP contribution in [-0.4, -0.2) is 60.9 Å². The van der Waals surface area contributed by atoms with Crippen LogP contribution in [0.3, 0.4) is 0 Å². The minimum absolute atomic E-state index is 0.0648. The molecule has 4 heterocycles. The summed E-state index contributed by atoms with van der Waals surface area (Å²) in [5.41, 5.74) is 15.8. The van der Waals surface area contributed by atoms with Gasteiger partial charge in [0, 0.05) is 11.1 Å². The summed E-state index contributed by atoms with van der Waals surface area (Å²) in [5.74, 6) is 3.85. The van der Waals surface area contributed by atoms with Crippen LogP contribution in [0.5, 0.6) is 23.0 Å². The van der Waals surface area contributed by atoms with E-state index in [9.17, 15) is 10.2 Å². The molecule has 0 spiro atoms. The van der Waals surface area contributed by atoms with Crippen LogP contribution in [0.25, 0.3) is 44.6 Å². The number of nitrogen functional groups attached to an aromatic ring is 2. The lowest BCUT2D eigenvalue weighted by molar-refractivity contribution is 0.00202. The summed E-state index contributed by atoms with van der Waals surface area (Å²) in [4.78, 5) is 17.4. The second-order valence-electron chi connectivity index (χ2n) is 16.9. The molecule has 14 heteroatoms. The minimum Gasteiger partial charge on any atom is -0.457 e. The lowest BCUT2D eigenvalue weighted by atomic mass is 9.83. The monoisotopic (exact) mass is 830 g/mol. The fraction of sp³-hybridized carbons (Fsp3) is 0.292. The van der Waals surface area contributed by atoms with Crippen LogP contribution >= 0.6 is 0 Å². The third kappa shape index (κ3) is 8.65. The van der Waals surface area contributed by atoms with Gasteiger partial charge >= 0.3 is 0 Å². The summed E-state index contributed by atoms with van der Waals surface area (Å²) in [5, 5.41) is 32.5. The molecule has 0 radical (unpaired) electrons. The van der Waals surface area contributed by atoms with Crippen LogP contribution in [0.4, 0.5) is 11.6 Å². The Kier molecular flexibility index (Phi) is 11.0. The van der Waals surface area contributed by atoms with Crippen LogP contribution < -0.4 is 20.9 Å². The second-order valence-corrected chi connectivity index (χ2v) is 16.9. The third-order valence-corrected chi connectivity index (χ3v) is 11.8. The van der Waals surface area contributed by atoms with Crippen molar-refractivity contribution in [1.29, 1.82) is 0 Å². The van der Waals surface area contributed by atoms with E-state index in [1.807, 2.05) is 132 Å². The van der Waals surface area contributed by atoms with Crippen molar-refractivity contribution < 1.29 is 19.7 Å². The smallest absolute Gasteiger partial charge is 0.164 e. The first-order valence-electron chi connectivity index (χ1n) is 21.1. The molecule has 6 N–H and O–H groups in total. The van der Waals surface area contributed by atoms with Gasteiger partial charge in [-0.25, -0.2) is 29.3 Å². The molecule has 2 saturated carbocycles. The van der Waals surface area contributed by atoms with E-state index in [-0.39, 0.29) is 12.1 Å². The highest BCUT2D eigenvalue weighted by molar-refractivity contribution is 5.99. The number of benzene rings is 4. The fourth-order valence-corrected chi connectivity index (χ4v) is 8.79. The normalized spacial score (nSPS) is 21.3. The van der Waals surface area contributed by atoms with Gasteiger partial charge in [-0.3, -0.25) is 0 Å². The number of hydrogen-bond donors (Lipinski definition) is 4. The van der Waals surface area contributed by atoms with Gasteiger partial charge in [0.15, 0.2) is 11.3 Å². The first-order chi connectivity index (χ1) is 30.0. The molecular weight excluding hydrogens is 781 g/mol. The predicted octanol–water partition coefficient (Wildman–Crippen LogP) is 9.47. The van der Waals surface area contributed by atoms with Crippen molar-refractivity contribution in [3.63, 3.8) is 0 Å². The lowest BCUT2D eigenvalue weighted by Gasteiger charge is -2.34. The Morgan fingerprint density at radius 2 is 0.903 bits per heavy atom. The second kappa shape index (κ2) is 16.9. The van der Waals surface area contributed by atoms with Gasteiger partial charge in [0.2, 0.25) is 0 Å². The maximum absolute atomic E-state index is 10.6. The number of ether oxygens (including phenoxy) is 2. The van der Waals surface area contributed by atoms with E-state index in [1.54, 1.807) is 0 Å². The van der Waals surface area contributed by atoms with Crippen molar-refractivity contribution in [2.24, 2.45) is 0 Å². The fourth-order valence-electron chi connectivity index (χ4n) is 8.79. The molecule has 2 aliphatic rings. The first-order valence-corrected chi connectivity index (χ1v) is 21.1. The molecule has 10 rings (SSSR count). The van der Waals surface area contributed by atoms with Crippen molar-refractivity contribution in [3.8, 4) is 45.5 Å². The van der Waals surface area contributed by atoms with Gasteiger partial charge < -0.3 is 31.2 Å². The van der Waals surface area contributed by atoms with Crippen LogP contribution in [-0.2, 0) is 0 Å². The molecule has 0 unspecified atom stereocenters. The Balaban J connectivity index is 0.000000158. The molecule has 0 amide bonds. The van der Waals surface area contributed by atoms with E-state index < -0.39 is 11.2 Å². The summed E-state index contributed by atoms with van der Waals surface area (Å²) in [7, 11) is 0. The highest BCUT2D eigenvalue weighted by atomic mass is 16.5. The molecule has 4 aromatic carbocycles. The maximum atomic E-state index is 10.6. The van der Waals surface area contributed by atoms with E-state index in [0.29, 0.717) is 35.8 Å². The zero-order valence-corrected chi connectivity index (χ0v) is 34.8. The van der Waals surface area contributed by atoms with Crippen LogP contribution in [0.15, 0.2) is 122 Å². The molecule has 316 valence electrons. The maximum Gasteiger partial charge on any atom is 0.164 e. The standard InChI is InChI=1S/2C24H25N5O2/c2*1-24(30)13-5-6-17(14-24)29-23-20(22(25)26-15-27-23)21(28-29)16-9-11-19(12-10-16)31-18-7-3-2-4-8-18/h2*2-4,7-12,15,17,30H,5-6,13-14H2,1H3,(H2,25,26,27)/t17-,24+;17-,24-/m11/s1. The van der Waals surface area contributed by atoms with Crippen molar-refractivity contribution in [2.45, 2.75) is 88.5 Å². The summed E-state index contributed by atoms with van der Waals surface area (Å²) in [6, 6.07) is 35.0. The molecule has 0 aliphatic heterocycles. The van der Waals surface area contributed by atoms with Gasteiger partial charge in [-0.1, -0.05) is 36.4 Å².